The second kappa shape index (κ2) is 4.84. The standard InChI is InChI=1S/C11H17NO2/c1-4-5-11(13)12(3)8-10-6-7-14-9(10)2/h6-7H,4-5,8H2,1-3H3. The van der Waals surface area contributed by atoms with Gasteiger partial charge in [0, 0.05) is 25.6 Å². The van der Waals surface area contributed by atoms with Crippen LogP contribution in [0.4, 0.5) is 0 Å². The molecule has 3 heteroatoms. The predicted molar refractivity (Wildman–Crippen MR) is 54.8 cm³/mol. The van der Waals surface area contributed by atoms with Gasteiger partial charge in [-0.1, -0.05) is 6.92 Å². The molecule has 1 heterocycles. The largest absolute Gasteiger partial charge is 0.469 e. The van der Waals surface area contributed by atoms with Gasteiger partial charge in [-0.15, -0.1) is 0 Å². The van der Waals surface area contributed by atoms with Crippen LogP contribution in [0.15, 0.2) is 16.7 Å². The third kappa shape index (κ3) is 2.62. The molecule has 0 aliphatic carbocycles. The van der Waals surface area contributed by atoms with Crippen LogP contribution in [0.1, 0.15) is 31.1 Å². The second-order valence-corrected chi connectivity index (χ2v) is 3.50. The van der Waals surface area contributed by atoms with E-state index in [1.54, 1.807) is 11.2 Å². The van der Waals surface area contributed by atoms with Crippen molar-refractivity contribution >= 4 is 5.91 Å². The Labute approximate surface area is 84.7 Å². The topological polar surface area (TPSA) is 33.5 Å². The zero-order chi connectivity index (χ0) is 10.6. The number of hydrogen-bond acceptors (Lipinski definition) is 2. The van der Waals surface area contributed by atoms with Gasteiger partial charge < -0.3 is 9.32 Å². The third-order valence-corrected chi connectivity index (χ3v) is 2.26. The first-order valence-corrected chi connectivity index (χ1v) is 4.92. The molecule has 0 bridgehead atoms. The number of amides is 1. The minimum Gasteiger partial charge on any atom is -0.469 e. The smallest absolute Gasteiger partial charge is 0.222 e. The van der Waals surface area contributed by atoms with Crippen LogP contribution in [0.25, 0.3) is 0 Å². The Kier molecular flexibility index (Phi) is 3.74. The molecule has 0 aliphatic heterocycles. The normalized spacial score (nSPS) is 10.2. The Morgan fingerprint density at radius 1 is 1.57 bits per heavy atom. The number of rotatable bonds is 4. The second-order valence-electron chi connectivity index (χ2n) is 3.50. The molecule has 0 aliphatic rings. The molecule has 14 heavy (non-hydrogen) atoms. The molecule has 3 nitrogen and oxygen atoms in total. The van der Waals surface area contributed by atoms with Crippen molar-refractivity contribution in [1.82, 2.24) is 4.90 Å². The summed E-state index contributed by atoms with van der Waals surface area (Å²) in [6, 6.07) is 1.91. The van der Waals surface area contributed by atoms with Crippen LogP contribution >= 0.6 is 0 Å². The molecule has 0 radical (unpaired) electrons. The van der Waals surface area contributed by atoms with E-state index >= 15 is 0 Å². The van der Waals surface area contributed by atoms with Crippen LogP contribution in [-0.2, 0) is 11.3 Å². The molecule has 0 spiro atoms. The highest BCUT2D eigenvalue weighted by Crippen LogP contribution is 2.11. The van der Waals surface area contributed by atoms with Crippen molar-refractivity contribution in [3.63, 3.8) is 0 Å². The van der Waals surface area contributed by atoms with E-state index in [4.69, 9.17) is 4.42 Å². The minimum atomic E-state index is 0.188. The molecule has 0 N–H and O–H groups in total. The van der Waals surface area contributed by atoms with Crippen molar-refractivity contribution < 1.29 is 9.21 Å². The molecule has 0 fully saturated rings. The fourth-order valence-electron chi connectivity index (χ4n) is 1.32. The number of carbonyl (C=O) groups is 1. The van der Waals surface area contributed by atoms with Gasteiger partial charge in [0.1, 0.15) is 5.76 Å². The van der Waals surface area contributed by atoms with Crippen LogP contribution < -0.4 is 0 Å². The van der Waals surface area contributed by atoms with Gasteiger partial charge in [0.15, 0.2) is 0 Å². The Balaban J connectivity index is 2.52. The van der Waals surface area contributed by atoms with Gasteiger partial charge in [-0.05, 0) is 19.4 Å². The average Bonchev–Trinajstić information content (AvgIpc) is 2.52. The van der Waals surface area contributed by atoms with Gasteiger partial charge >= 0.3 is 0 Å². The van der Waals surface area contributed by atoms with E-state index in [0.717, 1.165) is 17.7 Å². The lowest BCUT2D eigenvalue weighted by Gasteiger charge is -2.16. The first-order valence-electron chi connectivity index (χ1n) is 4.92. The molecule has 0 unspecified atom stereocenters. The summed E-state index contributed by atoms with van der Waals surface area (Å²) in [4.78, 5) is 13.2. The molecule has 1 aromatic rings. The quantitative estimate of drug-likeness (QED) is 0.739. The fraction of sp³-hybridized carbons (Fsp3) is 0.545. The highest BCUT2D eigenvalue weighted by molar-refractivity contribution is 5.75. The zero-order valence-electron chi connectivity index (χ0n) is 9.04. The zero-order valence-corrected chi connectivity index (χ0v) is 9.04. The Morgan fingerprint density at radius 3 is 2.79 bits per heavy atom. The predicted octanol–water partition coefficient (Wildman–Crippen LogP) is 2.35. The van der Waals surface area contributed by atoms with Gasteiger partial charge in [0.2, 0.25) is 5.91 Å². The fourth-order valence-corrected chi connectivity index (χ4v) is 1.32. The molecule has 1 amide bonds. The molecule has 0 saturated carbocycles. The van der Waals surface area contributed by atoms with Gasteiger partial charge in [-0.2, -0.15) is 0 Å². The third-order valence-electron chi connectivity index (χ3n) is 2.26. The van der Waals surface area contributed by atoms with E-state index in [1.165, 1.54) is 0 Å². The van der Waals surface area contributed by atoms with E-state index in [0.29, 0.717) is 13.0 Å². The summed E-state index contributed by atoms with van der Waals surface area (Å²) in [7, 11) is 1.82. The molecular weight excluding hydrogens is 178 g/mol. The number of furan rings is 1. The maximum absolute atomic E-state index is 11.5. The van der Waals surface area contributed by atoms with E-state index in [-0.39, 0.29) is 5.91 Å². The van der Waals surface area contributed by atoms with E-state index in [9.17, 15) is 4.79 Å². The highest BCUT2D eigenvalue weighted by Gasteiger charge is 2.10. The van der Waals surface area contributed by atoms with Crippen LogP contribution in [0.2, 0.25) is 0 Å². The number of carbonyl (C=O) groups excluding carboxylic acids is 1. The van der Waals surface area contributed by atoms with Crippen molar-refractivity contribution in [3.05, 3.63) is 23.7 Å². The number of hydrogen-bond donors (Lipinski definition) is 0. The van der Waals surface area contributed by atoms with Crippen molar-refractivity contribution in [1.29, 1.82) is 0 Å². The first kappa shape index (κ1) is 10.8. The molecule has 78 valence electrons. The lowest BCUT2D eigenvalue weighted by atomic mass is 10.2. The van der Waals surface area contributed by atoms with Crippen molar-refractivity contribution in [2.24, 2.45) is 0 Å². The maximum Gasteiger partial charge on any atom is 0.222 e. The first-order chi connectivity index (χ1) is 6.65. The summed E-state index contributed by atoms with van der Waals surface area (Å²) in [5, 5.41) is 0. The molecule has 0 saturated heterocycles. The summed E-state index contributed by atoms with van der Waals surface area (Å²) in [6.45, 7) is 4.56. The molecule has 1 rings (SSSR count). The van der Waals surface area contributed by atoms with E-state index < -0.39 is 0 Å². The summed E-state index contributed by atoms with van der Waals surface area (Å²) in [6.07, 6.45) is 3.17. The monoisotopic (exact) mass is 195 g/mol. The Morgan fingerprint density at radius 2 is 2.29 bits per heavy atom. The van der Waals surface area contributed by atoms with E-state index in [2.05, 4.69) is 0 Å². The van der Waals surface area contributed by atoms with Gasteiger partial charge in [-0.25, -0.2) is 0 Å². The summed E-state index contributed by atoms with van der Waals surface area (Å²) in [5.74, 6) is 1.08. The van der Waals surface area contributed by atoms with Crippen LogP contribution in [-0.4, -0.2) is 17.9 Å². The Bertz CT molecular complexity index is 304. The molecule has 0 aromatic carbocycles. The van der Waals surface area contributed by atoms with Gasteiger partial charge in [0.25, 0.3) is 0 Å². The van der Waals surface area contributed by atoms with Crippen molar-refractivity contribution in [2.45, 2.75) is 33.2 Å². The van der Waals surface area contributed by atoms with Crippen LogP contribution in [0.5, 0.6) is 0 Å². The summed E-state index contributed by atoms with van der Waals surface area (Å²) < 4.78 is 5.17. The minimum absolute atomic E-state index is 0.188. The highest BCUT2D eigenvalue weighted by atomic mass is 16.3. The summed E-state index contributed by atoms with van der Waals surface area (Å²) in [5.41, 5.74) is 1.08. The van der Waals surface area contributed by atoms with Crippen LogP contribution in [0.3, 0.4) is 0 Å². The molecular formula is C11H17NO2. The van der Waals surface area contributed by atoms with E-state index in [1.807, 2.05) is 27.0 Å². The van der Waals surface area contributed by atoms with Gasteiger partial charge in [0.05, 0.1) is 6.26 Å². The van der Waals surface area contributed by atoms with Crippen molar-refractivity contribution in [3.8, 4) is 0 Å². The lowest BCUT2D eigenvalue weighted by molar-refractivity contribution is -0.130. The van der Waals surface area contributed by atoms with Crippen molar-refractivity contribution in [2.75, 3.05) is 7.05 Å². The number of aryl methyl sites for hydroxylation is 1. The van der Waals surface area contributed by atoms with Gasteiger partial charge in [-0.3, -0.25) is 4.79 Å². The SMILES string of the molecule is CCCC(=O)N(C)Cc1ccoc1C. The molecule has 1 aromatic heterocycles. The number of nitrogens with zero attached hydrogens (tertiary/aromatic N) is 1. The lowest BCUT2D eigenvalue weighted by Crippen LogP contribution is -2.25. The maximum atomic E-state index is 11.5. The Hall–Kier alpha value is -1.25. The molecule has 0 atom stereocenters. The average molecular weight is 195 g/mol. The van der Waals surface area contributed by atoms with Crippen LogP contribution in [0, 0.1) is 6.92 Å². The summed E-state index contributed by atoms with van der Waals surface area (Å²) >= 11 is 0.